The van der Waals surface area contributed by atoms with E-state index >= 15 is 0 Å². The highest BCUT2D eigenvalue weighted by atomic mass is 32.2. The van der Waals surface area contributed by atoms with E-state index in [1.165, 1.54) is 11.1 Å². The Labute approximate surface area is 299 Å². The number of nitrogens with one attached hydrogen (secondary N) is 3. The third-order valence-corrected chi connectivity index (χ3v) is 12.1. The molecule has 1 aromatic carbocycles. The Morgan fingerprint density at radius 1 is 1.13 bits per heavy atom. The molecule has 4 amide bonds. The minimum absolute atomic E-state index is 0.0830. The fourth-order valence-electron chi connectivity index (χ4n) is 7.29. The van der Waals surface area contributed by atoms with Crippen molar-refractivity contribution in [1.82, 2.24) is 25.2 Å². The number of ether oxygens (including phenoxy) is 2. The van der Waals surface area contributed by atoms with Gasteiger partial charge in [-0.15, -0.1) is 0 Å². The Balaban J connectivity index is 1.32. The van der Waals surface area contributed by atoms with E-state index in [9.17, 15) is 41.5 Å². The van der Waals surface area contributed by atoms with Crippen molar-refractivity contribution in [3.05, 3.63) is 42.6 Å². The molecule has 3 fully saturated rings. The molecule has 0 bridgehead atoms. The summed E-state index contributed by atoms with van der Waals surface area (Å²) in [6, 6.07) is 4.25. The number of carboxylic acid groups (broad SMARTS) is 1. The van der Waals surface area contributed by atoms with E-state index < -0.39 is 87.7 Å². The quantitative estimate of drug-likeness (QED) is 0.277. The SMILES string of the molecule is C[C@H]1CC/C=C\[C@@H]2C[C@@]2(C(=O)NS(=O)(=O)C2CC2)NC(=O)[C@@H]2C[C@@H](Oc3ncc(OCC(F)F)c4ccccc34)CN2C(=O)[C@@H](NC(=O)O)[C@H](C)C1. The zero-order chi connectivity index (χ0) is 37.4. The molecule has 0 radical (unpaired) electrons. The van der Waals surface area contributed by atoms with Crippen molar-refractivity contribution in [1.29, 1.82) is 0 Å². The number of fused-ring (bicyclic) bond motifs is 3. The lowest BCUT2D eigenvalue weighted by Crippen LogP contribution is -2.59. The van der Waals surface area contributed by atoms with Gasteiger partial charge in [0.1, 0.15) is 36.1 Å². The summed E-state index contributed by atoms with van der Waals surface area (Å²) in [5, 5.41) is 15.1. The number of pyridine rings is 1. The summed E-state index contributed by atoms with van der Waals surface area (Å²) in [4.78, 5) is 59.7. The third kappa shape index (κ3) is 8.08. The van der Waals surface area contributed by atoms with Gasteiger partial charge in [-0.05, 0) is 56.4 Å². The maximum Gasteiger partial charge on any atom is 0.405 e. The monoisotopic (exact) mass is 747 g/mol. The number of hydrogen-bond acceptors (Lipinski definition) is 9. The Bertz CT molecular complexity index is 1860. The van der Waals surface area contributed by atoms with Crippen molar-refractivity contribution < 1.29 is 51.0 Å². The standard InChI is InChI=1S/C35H43F2N5O9S/c1-19-7-3-4-8-21-15-35(21,33(45)41-52(48,49)23-11-12-23)40-30(43)26-14-22(17-42(26)32(44)29(20(2)13-19)39-34(46)47)51-31-25-10-6-5-9-24(25)27(16-38-31)50-18-28(36)37/h4-6,8-10,16,19-23,26,28-29,39H,3,7,11-15,17-18H2,1-2H3,(H,40,43)(H,41,45)(H,46,47)/b8-4-/t19-,20+,21+,22+,26-,29-,35+/m0/s1. The molecule has 2 saturated carbocycles. The summed E-state index contributed by atoms with van der Waals surface area (Å²) in [5.74, 6) is -2.90. The van der Waals surface area contributed by atoms with E-state index in [2.05, 4.69) is 20.3 Å². The number of nitrogens with zero attached hydrogens (tertiary/aromatic N) is 2. The van der Waals surface area contributed by atoms with Crippen LogP contribution in [0.4, 0.5) is 13.6 Å². The molecule has 4 N–H and O–H groups in total. The number of carbonyl (C=O) groups is 4. The van der Waals surface area contributed by atoms with Gasteiger partial charge in [-0.1, -0.05) is 44.2 Å². The lowest BCUT2D eigenvalue weighted by atomic mass is 9.88. The fourth-order valence-corrected chi connectivity index (χ4v) is 8.66. The van der Waals surface area contributed by atoms with Crippen LogP contribution in [0.3, 0.4) is 0 Å². The topological polar surface area (TPSA) is 193 Å². The van der Waals surface area contributed by atoms with Crippen LogP contribution in [0.1, 0.15) is 58.8 Å². The van der Waals surface area contributed by atoms with Crippen molar-refractivity contribution in [2.45, 2.75) is 94.2 Å². The average molecular weight is 748 g/mol. The minimum atomic E-state index is -3.94. The van der Waals surface area contributed by atoms with Gasteiger partial charge >= 0.3 is 6.09 Å². The number of sulfonamides is 1. The van der Waals surface area contributed by atoms with Gasteiger partial charge in [-0.3, -0.25) is 19.1 Å². The summed E-state index contributed by atoms with van der Waals surface area (Å²) in [5.41, 5.74) is -1.58. The van der Waals surface area contributed by atoms with Crippen LogP contribution in [0.25, 0.3) is 10.8 Å². The molecular formula is C35H43F2N5O9S. The number of amides is 4. The van der Waals surface area contributed by atoms with E-state index in [4.69, 9.17) is 9.47 Å². The van der Waals surface area contributed by atoms with Gasteiger partial charge in [-0.25, -0.2) is 27.0 Å². The van der Waals surface area contributed by atoms with E-state index in [0.29, 0.717) is 42.9 Å². The number of carbonyl (C=O) groups excluding carboxylic acids is 3. The molecule has 282 valence electrons. The van der Waals surface area contributed by atoms with Crippen molar-refractivity contribution in [3.63, 3.8) is 0 Å². The Kier molecular flexibility index (Phi) is 10.6. The summed E-state index contributed by atoms with van der Waals surface area (Å²) < 4.78 is 65.1. The predicted octanol–water partition coefficient (Wildman–Crippen LogP) is 3.36. The van der Waals surface area contributed by atoms with Crippen LogP contribution in [0.5, 0.6) is 11.6 Å². The van der Waals surface area contributed by atoms with Crippen molar-refractivity contribution >= 4 is 44.6 Å². The van der Waals surface area contributed by atoms with Gasteiger partial charge in [0, 0.05) is 23.1 Å². The first-order chi connectivity index (χ1) is 24.7. The van der Waals surface area contributed by atoms with Crippen LogP contribution in [0.15, 0.2) is 42.6 Å². The smallest absolute Gasteiger partial charge is 0.405 e. The predicted molar refractivity (Wildman–Crippen MR) is 183 cm³/mol. The number of hydrogen-bond donors (Lipinski definition) is 4. The second-order valence-electron chi connectivity index (χ2n) is 14.4. The van der Waals surface area contributed by atoms with E-state index in [1.807, 2.05) is 19.1 Å². The van der Waals surface area contributed by atoms with Gasteiger partial charge in [0.2, 0.25) is 27.7 Å². The zero-order valence-electron chi connectivity index (χ0n) is 28.8. The molecule has 1 aromatic heterocycles. The zero-order valence-corrected chi connectivity index (χ0v) is 29.6. The van der Waals surface area contributed by atoms with Crippen molar-refractivity contribution in [2.75, 3.05) is 13.2 Å². The first-order valence-electron chi connectivity index (χ1n) is 17.5. The first-order valence-corrected chi connectivity index (χ1v) is 19.0. The highest BCUT2D eigenvalue weighted by Gasteiger charge is 2.62. The largest absolute Gasteiger partial charge is 0.485 e. The number of alkyl halides is 2. The Morgan fingerprint density at radius 3 is 2.56 bits per heavy atom. The normalized spacial score (nSPS) is 30.3. The fraction of sp³-hybridized carbons (Fsp3) is 0.571. The van der Waals surface area contributed by atoms with E-state index in [-0.39, 0.29) is 36.9 Å². The minimum Gasteiger partial charge on any atom is -0.485 e. The highest BCUT2D eigenvalue weighted by Crippen LogP contribution is 2.46. The average Bonchev–Trinajstić information content (AvgIpc) is 4.01. The summed E-state index contributed by atoms with van der Waals surface area (Å²) >= 11 is 0. The molecule has 4 aliphatic rings. The maximum atomic E-state index is 14.3. The summed E-state index contributed by atoms with van der Waals surface area (Å²) in [6.45, 7) is 2.77. The van der Waals surface area contributed by atoms with Crippen molar-refractivity contribution in [2.24, 2.45) is 17.8 Å². The van der Waals surface area contributed by atoms with Gasteiger partial charge in [0.15, 0.2) is 0 Å². The molecule has 17 heteroatoms. The number of rotatable bonds is 9. The Morgan fingerprint density at radius 2 is 1.87 bits per heavy atom. The number of allylic oxidation sites excluding steroid dienone is 1. The van der Waals surface area contributed by atoms with Gasteiger partial charge in [0.05, 0.1) is 18.0 Å². The van der Waals surface area contributed by atoms with E-state index in [0.717, 1.165) is 0 Å². The highest BCUT2D eigenvalue weighted by molar-refractivity contribution is 7.91. The molecule has 1 saturated heterocycles. The van der Waals surface area contributed by atoms with Crippen LogP contribution >= 0.6 is 0 Å². The molecule has 7 atom stereocenters. The molecule has 0 unspecified atom stereocenters. The third-order valence-electron chi connectivity index (χ3n) is 10.3. The van der Waals surface area contributed by atoms with Crippen LogP contribution in [0, 0.1) is 17.8 Å². The number of halogens is 2. The number of aromatic nitrogens is 1. The second-order valence-corrected chi connectivity index (χ2v) is 16.3. The van der Waals surface area contributed by atoms with Gasteiger partial charge in [0.25, 0.3) is 12.3 Å². The molecule has 14 nitrogen and oxygen atoms in total. The molecule has 3 heterocycles. The molecule has 0 spiro atoms. The van der Waals surface area contributed by atoms with Crippen LogP contribution < -0.4 is 24.8 Å². The molecule has 2 aromatic rings. The molecular weight excluding hydrogens is 704 g/mol. The van der Waals surface area contributed by atoms with E-state index in [1.54, 1.807) is 31.2 Å². The van der Waals surface area contributed by atoms with Gasteiger partial charge < -0.3 is 30.1 Å². The maximum absolute atomic E-state index is 14.3. The lowest BCUT2D eigenvalue weighted by molar-refractivity contribution is -0.142. The number of benzene rings is 1. The summed E-state index contributed by atoms with van der Waals surface area (Å²) in [7, 11) is -3.94. The molecule has 2 aliphatic carbocycles. The van der Waals surface area contributed by atoms with Crippen molar-refractivity contribution in [3.8, 4) is 11.6 Å². The molecule has 2 aliphatic heterocycles. The van der Waals surface area contributed by atoms with Gasteiger partial charge in [-0.2, -0.15) is 0 Å². The van der Waals surface area contributed by atoms with Crippen LogP contribution in [0.2, 0.25) is 0 Å². The Hall–Kier alpha value is -4.54. The van der Waals surface area contributed by atoms with Crippen LogP contribution in [-0.4, -0.2) is 95.8 Å². The lowest BCUT2D eigenvalue weighted by Gasteiger charge is -2.32. The molecule has 52 heavy (non-hydrogen) atoms. The van der Waals surface area contributed by atoms with Crippen LogP contribution in [-0.2, 0) is 24.4 Å². The molecule has 6 rings (SSSR count). The first kappa shape index (κ1) is 37.2. The second kappa shape index (κ2) is 14.8. The summed E-state index contributed by atoms with van der Waals surface area (Å²) in [6.07, 6.45) is 2.75.